The third-order valence-corrected chi connectivity index (χ3v) is 2.20. The van der Waals surface area contributed by atoms with E-state index in [9.17, 15) is 22.4 Å². The van der Waals surface area contributed by atoms with Crippen molar-refractivity contribution in [3.63, 3.8) is 0 Å². The Morgan fingerprint density at radius 3 is 2.22 bits per heavy atom. The molecule has 0 aliphatic heterocycles. The number of amides is 1. The van der Waals surface area contributed by atoms with Gasteiger partial charge in [0.05, 0.1) is 15.7 Å². The molecule has 0 saturated carbocycles. The van der Waals surface area contributed by atoms with Gasteiger partial charge >= 0.3 is 12.3 Å². The van der Waals surface area contributed by atoms with Gasteiger partial charge in [0.25, 0.3) is 0 Å². The van der Waals surface area contributed by atoms with Gasteiger partial charge < -0.3 is 4.74 Å². The fourth-order valence-corrected chi connectivity index (χ4v) is 1.50. The van der Waals surface area contributed by atoms with Crippen LogP contribution in [-0.4, -0.2) is 18.9 Å². The van der Waals surface area contributed by atoms with E-state index in [1.165, 1.54) is 0 Å². The van der Waals surface area contributed by atoms with Crippen LogP contribution in [0.3, 0.4) is 0 Å². The number of alkyl halides is 3. The van der Waals surface area contributed by atoms with Gasteiger partial charge in [-0.15, -0.1) is 0 Å². The van der Waals surface area contributed by atoms with Gasteiger partial charge in [-0.3, -0.25) is 5.32 Å². The van der Waals surface area contributed by atoms with Crippen molar-refractivity contribution in [1.82, 2.24) is 0 Å². The second-order valence-electron chi connectivity index (χ2n) is 3.06. The van der Waals surface area contributed by atoms with Crippen LogP contribution in [0.4, 0.5) is 28.0 Å². The topological polar surface area (TPSA) is 38.3 Å². The molecule has 18 heavy (non-hydrogen) atoms. The summed E-state index contributed by atoms with van der Waals surface area (Å²) >= 11 is 11.1. The summed E-state index contributed by atoms with van der Waals surface area (Å²) in [5, 5.41) is 1.37. The SMILES string of the molecule is O=C(Nc1c(Cl)cc(F)cc1Cl)OCC(F)(F)F. The molecule has 0 heterocycles. The van der Waals surface area contributed by atoms with Crippen LogP contribution in [0, 0.1) is 5.82 Å². The molecule has 9 heteroatoms. The van der Waals surface area contributed by atoms with Crippen molar-refractivity contribution in [2.24, 2.45) is 0 Å². The quantitative estimate of drug-likeness (QED) is 0.830. The van der Waals surface area contributed by atoms with Gasteiger partial charge in [-0.1, -0.05) is 23.2 Å². The first-order valence-corrected chi connectivity index (χ1v) is 5.09. The van der Waals surface area contributed by atoms with Crippen molar-refractivity contribution in [2.75, 3.05) is 11.9 Å². The molecule has 100 valence electrons. The van der Waals surface area contributed by atoms with Crippen LogP contribution < -0.4 is 5.32 Å². The largest absolute Gasteiger partial charge is 0.440 e. The van der Waals surface area contributed by atoms with Crippen LogP contribution in [-0.2, 0) is 4.74 Å². The normalized spacial score (nSPS) is 11.2. The first kappa shape index (κ1) is 14.8. The summed E-state index contributed by atoms with van der Waals surface area (Å²) in [6.45, 7) is -1.75. The minimum atomic E-state index is -4.65. The van der Waals surface area contributed by atoms with Crippen LogP contribution >= 0.6 is 23.2 Å². The van der Waals surface area contributed by atoms with Gasteiger partial charge in [-0.25, -0.2) is 9.18 Å². The Kier molecular flexibility index (Phi) is 4.64. The van der Waals surface area contributed by atoms with E-state index in [4.69, 9.17) is 23.2 Å². The molecule has 1 rings (SSSR count). The average Bonchev–Trinajstić information content (AvgIpc) is 2.19. The Labute approximate surface area is 109 Å². The van der Waals surface area contributed by atoms with Gasteiger partial charge in [0, 0.05) is 0 Å². The second-order valence-corrected chi connectivity index (χ2v) is 3.88. The van der Waals surface area contributed by atoms with Gasteiger partial charge in [0.15, 0.2) is 6.61 Å². The number of anilines is 1. The Bertz CT molecular complexity index is 441. The predicted octanol–water partition coefficient (Wildman–Crippen LogP) is 4.24. The summed E-state index contributed by atoms with van der Waals surface area (Å²) in [7, 11) is 0. The third-order valence-electron chi connectivity index (χ3n) is 1.60. The van der Waals surface area contributed by atoms with Gasteiger partial charge in [0.1, 0.15) is 5.82 Å². The van der Waals surface area contributed by atoms with E-state index in [1.54, 1.807) is 0 Å². The minimum absolute atomic E-state index is 0.230. The fraction of sp³-hybridized carbons (Fsp3) is 0.222. The molecule has 1 aromatic rings. The summed E-state index contributed by atoms with van der Waals surface area (Å²) in [4.78, 5) is 11.0. The summed E-state index contributed by atoms with van der Waals surface area (Å²) in [5.74, 6) is -0.751. The van der Waals surface area contributed by atoms with Crippen molar-refractivity contribution < 1.29 is 27.1 Å². The lowest BCUT2D eigenvalue weighted by Crippen LogP contribution is -2.23. The molecule has 0 aromatic heterocycles. The van der Waals surface area contributed by atoms with Crippen LogP contribution in [0.15, 0.2) is 12.1 Å². The molecule has 0 fully saturated rings. The lowest BCUT2D eigenvalue weighted by atomic mass is 10.3. The maximum absolute atomic E-state index is 12.8. The summed E-state index contributed by atoms with van der Waals surface area (Å²) < 4.78 is 51.9. The second kappa shape index (κ2) is 5.62. The number of rotatable bonds is 2. The van der Waals surface area contributed by atoms with Crippen molar-refractivity contribution in [1.29, 1.82) is 0 Å². The zero-order chi connectivity index (χ0) is 13.9. The molecule has 0 unspecified atom stereocenters. The van der Waals surface area contributed by atoms with Crippen molar-refractivity contribution in [2.45, 2.75) is 6.18 Å². The Hall–Kier alpha value is -1.21. The van der Waals surface area contributed by atoms with Crippen LogP contribution in [0.25, 0.3) is 0 Å². The van der Waals surface area contributed by atoms with E-state index in [0.29, 0.717) is 0 Å². The number of halogens is 6. The van der Waals surface area contributed by atoms with Crippen LogP contribution in [0.1, 0.15) is 0 Å². The van der Waals surface area contributed by atoms with E-state index in [2.05, 4.69) is 4.74 Å². The maximum atomic E-state index is 12.8. The Morgan fingerprint density at radius 1 is 1.28 bits per heavy atom. The zero-order valence-electron chi connectivity index (χ0n) is 8.45. The molecule has 0 saturated heterocycles. The van der Waals surface area contributed by atoms with Crippen LogP contribution in [0.2, 0.25) is 10.0 Å². The number of nitrogens with one attached hydrogen (secondary N) is 1. The molecule has 0 bridgehead atoms. The number of hydrogen-bond donors (Lipinski definition) is 1. The molecular weight excluding hydrogens is 301 g/mol. The van der Waals surface area contributed by atoms with E-state index >= 15 is 0 Å². The number of ether oxygens (including phenoxy) is 1. The number of carbonyl (C=O) groups is 1. The van der Waals surface area contributed by atoms with E-state index in [0.717, 1.165) is 12.1 Å². The highest BCUT2D eigenvalue weighted by Gasteiger charge is 2.29. The maximum Gasteiger partial charge on any atom is 0.422 e. The number of carbonyl (C=O) groups excluding carboxylic acids is 1. The fourth-order valence-electron chi connectivity index (χ4n) is 0.947. The van der Waals surface area contributed by atoms with Gasteiger partial charge in [-0.05, 0) is 12.1 Å². The third kappa shape index (κ3) is 4.58. The van der Waals surface area contributed by atoms with Crippen LogP contribution in [0.5, 0.6) is 0 Å². The first-order valence-electron chi connectivity index (χ1n) is 4.34. The summed E-state index contributed by atoms with van der Waals surface area (Å²) in [6, 6.07) is 1.68. The highest BCUT2D eigenvalue weighted by atomic mass is 35.5. The standard InChI is InChI=1S/C9H5Cl2F4NO2/c10-5-1-4(12)2-6(11)7(5)16-8(17)18-3-9(13,14)15/h1-2H,3H2,(H,16,17). The van der Waals surface area contributed by atoms with E-state index in [-0.39, 0.29) is 15.7 Å². The first-order chi connectivity index (χ1) is 8.19. The van der Waals surface area contributed by atoms with E-state index < -0.39 is 24.7 Å². The molecule has 1 amide bonds. The molecule has 0 atom stereocenters. The lowest BCUT2D eigenvalue weighted by molar-refractivity contribution is -0.159. The molecule has 3 nitrogen and oxygen atoms in total. The molecule has 1 aromatic carbocycles. The highest BCUT2D eigenvalue weighted by molar-refractivity contribution is 6.39. The Morgan fingerprint density at radius 2 is 1.78 bits per heavy atom. The van der Waals surface area contributed by atoms with Crippen molar-refractivity contribution >= 4 is 35.0 Å². The predicted molar refractivity (Wildman–Crippen MR) is 57.4 cm³/mol. The molecule has 0 radical (unpaired) electrons. The lowest BCUT2D eigenvalue weighted by Gasteiger charge is -2.11. The average molecular weight is 306 g/mol. The zero-order valence-corrected chi connectivity index (χ0v) is 9.96. The number of hydrogen-bond acceptors (Lipinski definition) is 2. The molecule has 1 N–H and O–H groups in total. The van der Waals surface area contributed by atoms with E-state index in [1.807, 2.05) is 5.32 Å². The molecule has 0 aliphatic rings. The van der Waals surface area contributed by atoms with Crippen molar-refractivity contribution in [3.8, 4) is 0 Å². The smallest absolute Gasteiger partial charge is 0.422 e. The summed E-state index contributed by atoms with van der Waals surface area (Å²) in [6.07, 6.45) is -6.05. The molecule has 0 spiro atoms. The van der Waals surface area contributed by atoms with Gasteiger partial charge in [0.2, 0.25) is 0 Å². The summed E-state index contributed by atoms with van der Waals surface area (Å²) in [5.41, 5.74) is -0.230. The van der Waals surface area contributed by atoms with Gasteiger partial charge in [-0.2, -0.15) is 13.2 Å². The molecular formula is C9H5Cl2F4NO2. The number of benzene rings is 1. The highest BCUT2D eigenvalue weighted by Crippen LogP contribution is 2.31. The molecule has 0 aliphatic carbocycles. The monoisotopic (exact) mass is 305 g/mol. The minimum Gasteiger partial charge on any atom is -0.440 e. The van der Waals surface area contributed by atoms with Crippen molar-refractivity contribution in [3.05, 3.63) is 28.0 Å². The Balaban J connectivity index is 2.71.